The molecule has 0 aromatic heterocycles. The van der Waals surface area contributed by atoms with Gasteiger partial charge in [0.25, 0.3) is 0 Å². The zero-order valence-electron chi connectivity index (χ0n) is 16.6. The van der Waals surface area contributed by atoms with Crippen molar-refractivity contribution in [1.29, 1.82) is 0 Å². The molecule has 7 nitrogen and oxygen atoms in total. The molecule has 0 aromatic carbocycles. The number of carbonyl (C=O) groups is 2. The second kappa shape index (κ2) is 8.88. The van der Waals surface area contributed by atoms with Crippen LogP contribution in [0, 0.1) is 0 Å². The Kier molecular flexibility index (Phi) is 6.30. The van der Waals surface area contributed by atoms with Gasteiger partial charge < -0.3 is 15.1 Å². The standard InChI is InChI=1S/C20H35N5O2/c26-19(21-17-5-9-24(10-6-17)18-3-4-18)15-22-11-13-23(14-12-22)16-20(27)25-7-1-2-8-25/h17-18H,1-16H2,(H,21,26). The average molecular weight is 378 g/mol. The highest BCUT2D eigenvalue weighted by Crippen LogP contribution is 2.29. The lowest BCUT2D eigenvalue weighted by Crippen LogP contribution is -2.53. The van der Waals surface area contributed by atoms with Crippen LogP contribution in [0.4, 0.5) is 0 Å². The normalized spacial score (nSPS) is 26.4. The van der Waals surface area contributed by atoms with Gasteiger partial charge in [0.15, 0.2) is 0 Å². The first-order valence-corrected chi connectivity index (χ1v) is 10.9. The molecule has 4 rings (SSSR count). The summed E-state index contributed by atoms with van der Waals surface area (Å²) < 4.78 is 0. The van der Waals surface area contributed by atoms with Crippen molar-refractivity contribution in [3.8, 4) is 0 Å². The zero-order valence-corrected chi connectivity index (χ0v) is 16.6. The Labute approximate surface area is 163 Å². The maximum Gasteiger partial charge on any atom is 0.236 e. The van der Waals surface area contributed by atoms with Crippen molar-refractivity contribution in [3.05, 3.63) is 0 Å². The number of likely N-dealkylation sites (tertiary alicyclic amines) is 2. The van der Waals surface area contributed by atoms with Gasteiger partial charge in [0.1, 0.15) is 0 Å². The summed E-state index contributed by atoms with van der Waals surface area (Å²) in [5.74, 6) is 0.442. The quantitative estimate of drug-likeness (QED) is 0.704. The predicted octanol–water partition coefficient (Wildman–Crippen LogP) is -0.0306. The minimum atomic E-state index is 0.168. The van der Waals surface area contributed by atoms with Crippen molar-refractivity contribution in [2.75, 3.05) is 65.4 Å². The number of hydrogen-bond donors (Lipinski definition) is 1. The number of nitrogens with one attached hydrogen (secondary N) is 1. The van der Waals surface area contributed by atoms with E-state index in [2.05, 4.69) is 20.0 Å². The Morgan fingerprint density at radius 3 is 1.93 bits per heavy atom. The summed E-state index contributed by atoms with van der Waals surface area (Å²) in [6.45, 7) is 8.69. The van der Waals surface area contributed by atoms with Gasteiger partial charge in [0.2, 0.25) is 11.8 Å². The number of carbonyl (C=O) groups excluding carboxylic acids is 2. The van der Waals surface area contributed by atoms with Crippen molar-refractivity contribution >= 4 is 11.8 Å². The van der Waals surface area contributed by atoms with Gasteiger partial charge in [-0.3, -0.25) is 19.4 Å². The molecule has 27 heavy (non-hydrogen) atoms. The van der Waals surface area contributed by atoms with Crippen LogP contribution in [0.1, 0.15) is 38.5 Å². The lowest BCUT2D eigenvalue weighted by Gasteiger charge is -2.35. The van der Waals surface area contributed by atoms with Gasteiger partial charge in [-0.2, -0.15) is 0 Å². The minimum Gasteiger partial charge on any atom is -0.352 e. The third kappa shape index (κ3) is 5.42. The Bertz CT molecular complexity index is 516. The fraction of sp³-hybridized carbons (Fsp3) is 0.900. The molecule has 3 heterocycles. The number of rotatable bonds is 6. The summed E-state index contributed by atoms with van der Waals surface area (Å²) in [6, 6.07) is 1.20. The first kappa shape index (κ1) is 19.2. The van der Waals surface area contributed by atoms with Crippen molar-refractivity contribution < 1.29 is 9.59 Å². The number of piperazine rings is 1. The monoisotopic (exact) mass is 377 g/mol. The Balaban J connectivity index is 1.11. The van der Waals surface area contributed by atoms with E-state index in [4.69, 9.17) is 0 Å². The van der Waals surface area contributed by atoms with Crippen LogP contribution in [0.3, 0.4) is 0 Å². The predicted molar refractivity (Wildman–Crippen MR) is 104 cm³/mol. The third-order valence-electron chi connectivity index (χ3n) is 6.61. The molecule has 3 aliphatic heterocycles. The van der Waals surface area contributed by atoms with Gasteiger partial charge in [-0.25, -0.2) is 0 Å². The lowest BCUT2D eigenvalue weighted by molar-refractivity contribution is -0.132. The van der Waals surface area contributed by atoms with Crippen LogP contribution in [0.25, 0.3) is 0 Å². The number of hydrogen-bond acceptors (Lipinski definition) is 5. The van der Waals surface area contributed by atoms with E-state index < -0.39 is 0 Å². The number of nitrogens with zero attached hydrogens (tertiary/aromatic N) is 4. The van der Waals surface area contributed by atoms with Gasteiger partial charge in [-0.15, -0.1) is 0 Å². The summed E-state index contributed by atoms with van der Waals surface area (Å²) in [6.07, 6.45) is 7.21. The summed E-state index contributed by atoms with van der Waals surface area (Å²) in [5, 5.41) is 3.24. The summed E-state index contributed by atoms with van der Waals surface area (Å²) in [7, 11) is 0. The van der Waals surface area contributed by atoms with Gasteiger partial charge in [-0.05, 0) is 38.5 Å². The second-order valence-electron chi connectivity index (χ2n) is 8.75. The topological polar surface area (TPSA) is 59.1 Å². The highest BCUT2D eigenvalue weighted by Gasteiger charge is 2.32. The van der Waals surface area contributed by atoms with Crippen LogP contribution < -0.4 is 5.32 Å². The molecule has 1 saturated carbocycles. The Morgan fingerprint density at radius 2 is 1.33 bits per heavy atom. The van der Waals surface area contributed by atoms with E-state index in [0.717, 1.165) is 84.1 Å². The van der Waals surface area contributed by atoms with E-state index in [1.807, 2.05) is 4.90 Å². The molecule has 4 fully saturated rings. The Morgan fingerprint density at radius 1 is 0.741 bits per heavy atom. The molecule has 0 radical (unpaired) electrons. The maximum absolute atomic E-state index is 12.4. The molecule has 0 unspecified atom stereocenters. The molecule has 1 N–H and O–H groups in total. The molecule has 7 heteroatoms. The summed E-state index contributed by atoms with van der Waals surface area (Å²) in [4.78, 5) is 33.7. The molecule has 0 bridgehead atoms. The van der Waals surface area contributed by atoms with Crippen LogP contribution in [-0.4, -0.2) is 109 Å². The van der Waals surface area contributed by atoms with Crippen LogP contribution in [0.15, 0.2) is 0 Å². The van der Waals surface area contributed by atoms with Crippen LogP contribution >= 0.6 is 0 Å². The molecular formula is C20H35N5O2. The molecule has 1 aliphatic carbocycles. The molecule has 152 valence electrons. The van der Waals surface area contributed by atoms with Crippen LogP contribution in [0.5, 0.6) is 0 Å². The summed E-state index contributed by atoms with van der Waals surface area (Å²) in [5.41, 5.74) is 0. The molecule has 3 saturated heterocycles. The highest BCUT2D eigenvalue weighted by molar-refractivity contribution is 5.79. The SMILES string of the molecule is O=C(CN1CCN(CC(=O)N2CCCC2)CC1)NC1CCN(C2CC2)CC1. The van der Waals surface area contributed by atoms with Crippen molar-refractivity contribution in [1.82, 2.24) is 24.9 Å². The summed E-state index contributed by atoms with van der Waals surface area (Å²) >= 11 is 0. The lowest BCUT2D eigenvalue weighted by atomic mass is 10.0. The van der Waals surface area contributed by atoms with E-state index >= 15 is 0 Å². The van der Waals surface area contributed by atoms with E-state index in [1.54, 1.807) is 0 Å². The van der Waals surface area contributed by atoms with Crippen LogP contribution in [-0.2, 0) is 9.59 Å². The average Bonchev–Trinajstić information content (AvgIpc) is 3.37. The molecular weight excluding hydrogens is 342 g/mol. The largest absolute Gasteiger partial charge is 0.352 e. The van der Waals surface area contributed by atoms with Crippen LogP contribution in [0.2, 0.25) is 0 Å². The Hall–Kier alpha value is -1.18. The number of piperidine rings is 1. The van der Waals surface area contributed by atoms with E-state index in [-0.39, 0.29) is 11.8 Å². The van der Waals surface area contributed by atoms with Gasteiger partial charge in [0.05, 0.1) is 13.1 Å². The van der Waals surface area contributed by atoms with Gasteiger partial charge in [0, 0.05) is 64.4 Å². The van der Waals surface area contributed by atoms with Crippen molar-refractivity contribution in [2.45, 2.75) is 50.6 Å². The fourth-order valence-electron chi connectivity index (χ4n) is 4.69. The molecule has 0 aromatic rings. The first-order valence-electron chi connectivity index (χ1n) is 10.9. The van der Waals surface area contributed by atoms with Crippen molar-refractivity contribution in [3.63, 3.8) is 0 Å². The molecule has 0 atom stereocenters. The first-order chi connectivity index (χ1) is 13.2. The molecule has 0 spiro atoms. The minimum absolute atomic E-state index is 0.168. The van der Waals surface area contributed by atoms with E-state index in [1.165, 1.54) is 12.8 Å². The van der Waals surface area contributed by atoms with Gasteiger partial charge >= 0.3 is 0 Å². The van der Waals surface area contributed by atoms with E-state index in [0.29, 0.717) is 19.1 Å². The van der Waals surface area contributed by atoms with E-state index in [9.17, 15) is 9.59 Å². The molecule has 2 amide bonds. The number of amides is 2. The second-order valence-corrected chi connectivity index (χ2v) is 8.75. The third-order valence-corrected chi connectivity index (χ3v) is 6.61. The molecule has 4 aliphatic rings. The highest BCUT2D eigenvalue weighted by atomic mass is 16.2. The smallest absolute Gasteiger partial charge is 0.236 e. The zero-order chi connectivity index (χ0) is 18.6. The maximum atomic E-state index is 12.4. The fourth-order valence-corrected chi connectivity index (χ4v) is 4.69. The van der Waals surface area contributed by atoms with Gasteiger partial charge in [-0.1, -0.05) is 0 Å². The van der Waals surface area contributed by atoms with Crippen molar-refractivity contribution in [2.24, 2.45) is 0 Å².